The molecule has 0 unspecified atom stereocenters. The highest BCUT2D eigenvalue weighted by Gasteiger charge is 2.57. The first-order valence-corrected chi connectivity index (χ1v) is 12.1. The number of imide groups is 2. The molecule has 0 atom stereocenters. The standard InChI is InChI=1S/C27H25N5O5/c1-36-20-6-3-18(4-7-20)31-14-11-17-15-21(8-9-22(17)31)37-23-10-5-19(16-28-23)32-13-2-12-27(32)24(33)29-26(35)30-25(27)34/h3-10,15-16H,2,11-14H2,1H3,(H2,29,30,33,34,35). The number of aromatic nitrogens is 1. The number of rotatable bonds is 5. The first-order chi connectivity index (χ1) is 18.0. The Balaban J connectivity index is 1.18. The zero-order valence-electron chi connectivity index (χ0n) is 20.2. The Morgan fingerprint density at radius 1 is 0.892 bits per heavy atom. The molecule has 0 bridgehead atoms. The maximum Gasteiger partial charge on any atom is 0.328 e. The highest BCUT2D eigenvalue weighted by molar-refractivity contribution is 6.24. The van der Waals surface area contributed by atoms with Gasteiger partial charge in [-0.15, -0.1) is 0 Å². The van der Waals surface area contributed by atoms with Crippen molar-refractivity contribution < 1.29 is 23.9 Å². The van der Waals surface area contributed by atoms with Gasteiger partial charge in [0.2, 0.25) is 5.88 Å². The van der Waals surface area contributed by atoms with Crippen molar-refractivity contribution in [3.05, 3.63) is 66.4 Å². The molecule has 10 nitrogen and oxygen atoms in total. The summed E-state index contributed by atoms with van der Waals surface area (Å²) >= 11 is 0. The van der Waals surface area contributed by atoms with E-state index in [1.807, 2.05) is 42.5 Å². The van der Waals surface area contributed by atoms with Crippen molar-refractivity contribution in [2.75, 3.05) is 30.0 Å². The quantitative estimate of drug-likeness (QED) is 0.515. The van der Waals surface area contributed by atoms with Crippen LogP contribution in [0.2, 0.25) is 0 Å². The molecule has 4 heterocycles. The van der Waals surface area contributed by atoms with E-state index < -0.39 is 23.4 Å². The third-order valence-electron chi connectivity index (χ3n) is 7.17. The molecule has 0 radical (unpaired) electrons. The van der Waals surface area contributed by atoms with E-state index in [1.165, 1.54) is 5.56 Å². The Hall–Kier alpha value is -4.60. The topological polar surface area (TPSA) is 113 Å². The molecule has 2 fully saturated rings. The van der Waals surface area contributed by atoms with Gasteiger partial charge in [-0.25, -0.2) is 9.78 Å². The molecular formula is C27H25N5O5. The minimum atomic E-state index is -1.45. The number of methoxy groups -OCH3 is 1. The van der Waals surface area contributed by atoms with Crippen LogP contribution in [-0.2, 0) is 16.0 Å². The maximum atomic E-state index is 12.7. The van der Waals surface area contributed by atoms with E-state index in [4.69, 9.17) is 9.47 Å². The monoisotopic (exact) mass is 499 g/mol. The molecule has 3 aliphatic rings. The number of carbonyl (C=O) groups is 3. The molecule has 4 amide bonds. The maximum absolute atomic E-state index is 12.7. The van der Waals surface area contributed by atoms with Crippen molar-refractivity contribution in [3.63, 3.8) is 0 Å². The fourth-order valence-corrected chi connectivity index (χ4v) is 5.37. The summed E-state index contributed by atoms with van der Waals surface area (Å²) in [6, 6.07) is 16.7. The molecular weight excluding hydrogens is 474 g/mol. The molecule has 0 saturated carbocycles. The summed E-state index contributed by atoms with van der Waals surface area (Å²) in [6.07, 6.45) is 3.43. The van der Waals surface area contributed by atoms with Gasteiger partial charge in [0.15, 0.2) is 5.54 Å². The Labute approximate surface area is 213 Å². The second kappa shape index (κ2) is 8.81. The zero-order chi connectivity index (χ0) is 25.6. The van der Waals surface area contributed by atoms with Gasteiger partial charge in [-0.3, -0.25) is 20.2 Å². The molecule has 1 spiro atoms. The minimum Gasteiger partial charge on any atom is -0.497 e. The van der Waals surface area contributed by atoms with Crippen molar-refractivity contribution in [1.29, 1.82) is 0 Å². The average molecular weight is 500 g/mol. The number of hydrogen-bond donors (Lipinski definition) is 2. The third-order valence-corrected chi connectivity index (χ3v) is 7.17. The van der Waals surface area contributed by atoms with Crippen LogP contribution in [0.4, 0.5) is 21.9 Å². The number of hydrogen-bond acceptors (Lipinski definition) is 8. The van der Waals surface area contributed by atoms with Crippen LogP contribution in [0.25, 0.3) is 0 Å². The lowest BCUT2D eigenvalue weighted by Gasteiger charge is -2.38. The van der Waals surface area contributed by atoms with Gasteiger partial charge in [-0.1, -0.05) is 0 Å². The number of amides is 4. The molecule has 188 valence electrons. The van der Waals surface area contributed by atoms with Gasteiger partial charge in [0.1, 0.15) is 11.5 Å². The molecule has 1 aromatic heterocycles. The lowest BCUT2D eigenvalue weighted by Crippen LogP contribution is -2.71. The normalized spacial score (nSPS) is 18.0. The Morgan fingerprint density at radius 3 is 2.32 bits per heavy atom. The number of anilines is 3. The SMILES string of the molecule is COc1ccc(N2CCc3cc(Oc4ccc(N5CCCC56C(=O)NC(=O)NC6=O)cn4)ccc32)cc1. The second-order valence-corrected chi connectivity index (χ2v) is 9.20. The lowest BCUT2D eigenvalue weighted by atomic mass is 9.92. The smallest absolute Gasteiger partial charge is 0.328 e. The van der Waals surface area contributed by atoms with Crippen LogP contribution in [0.5, 0.6) is 17.4 Å². The third kappa shape index (κ3) is 3.81. The summed E-state index contributed by atoms with van der Waals surface area (Å²) in [6.45, 7) is 1.37. The van der Waals surface area contributed by atoms with Crippen LogP contribution in [-0.4, -0.2) is 48.6 Å². The highest BCUT2D eigenvalue weighted by Crippen LogP contribution is 2.39. The summed E-state index contributed by atoms with van der Waals surface area (Å²) in [4.78, 5) is 45.3. The number of urea groups is 1. The van der Waals surface area contributed by atoms with Crippen LogP contribution < -0.4 is 29.9 Å². The summed E-state index contributed by atoms with van der Waals surface area (Å²) in [5.74, 6) is 0.681. The van der Waals surface area contributed by atoms with Crippen molar-refractivity contribution in [3.8, 4) is 17.4 Å². The van der Waals surface area contributed by atoms with E-state index in [9.17, 15) is 14.4 Å². The van der Waals surface area contributed by atoms with Gasteiger partial charge in [-0.2, -0.15) is 0 Å². The van der Waals surface area contributed by atoms with Gasteiger partial charge in [0.05, 0.1) is 19.0 Å². The Bertz CT molecular complexity index is 1370. The van der Waals surface area contributed by atoms with Crippen LogP contribution in [0.3, 0.4) is 0 Å². The Kier molecular flexibility index (Phi) is 5.44. The summed E-state index contributed by atoms with van der Waals surface area (Å²) < 4.78 is 11.3. The van der Waals surface area contributed by atoms with E-state index in [0.29, 0.717) is 36.7 Å². The Morgan fingerprint density at radius 2 is 1.62 bits per heavy atom. The van der Waals surface area contributed by atoms with Crippen LogP contribution in [0.1, 0.15) is 18.4 Å². The number of nitrogens with one attached hydrogen (secondary N) is 2. The molecule has 2 saturated heterocycles. The number of nitrogens with zero attached hydrogens (tertiary/aromatic N) is 3. The van der Waals surface area contributed by atoms with E-state index >= 15 is 0 Å². The largest absolute Gasteiger partial charge is 0.497 e. The second-order valence-electron chi connectivity index (χ2n) is 9.20. The fourth-order valence-electron chi connectivity index (χ4n) is 5.37. The van der Waals surface area contributed by atoms with Crippen LogP contribution in [0.15, 0.2) is 60.8 Å². The summed E-state index contributed by atoms with van der Waals surface area (Å²) in [5.41, 5.74) is 2.59. The predicted octanol–water partition coefficient (Wildman–Crippen LogP) is 3.28. The highest BCUT2D eigenvalue weighted by atomic mass is 16.5. The minimum absolute atomic E-state index is 0.318. The molecule has 3 aromatic rings. The summed E-state index contributed by atoms with van der Waals surface area (Å²) in [5, 5.41) is 4.44. The number of carbonyl (C=O) groups excluding carboxylic acids is 3. The van der Waals surface area contributed by atoms with Crippen molar-refractivity contribution in [2.24, 2.45) is 0 Å². The molecule has 2 aromatic carbocycles. The zero-order valence-corrected chi connectivity index (χ0v) is 20.2. The van der Waals surface area contributed by atoms with Gasteiger partial charge in [0.25, 0.3) is 11.8 Å². The number of benzene rings is 2. The van der Waals surface area contributed by atoms with Crippen molar-refractivity contribution in [1.82, 2.24) is 15.6 Å². The number of fused-ring (bicyclic) bond motifs is 1. The summed E-state index contributed by atoms with van der Waals surface area (Å²) in [7, 11) is 1.66. The molecule has 37 heavy (non-hydrogen) atoms. The first-order valence-electron chi connectivity index (χ1n) is 12.1. The van der Waals surface area contributed by atoms with E-state index in [2.05, 4.69) is 20.5 Å². The van der Waals surface area contributed by atoms with Crippen molar-refractivity contribution >= 4 is 34.9 Å². The van der Waals surface area contributed by atoms with Gasteiger partial charge in [-0.05, 0) is 73.4 Å². The predicted molar refractivity (Wildman–Crippen MR) is 135 cm³/mol. The molecule has 10 heteroatoms. The number of ether oxygens (including phenoxy) is 2. The van der Waals surface area contributed by atoms with Crippen LogP contribution in [0, 0.1) is 0 Å². The van der Waals surface area contributed by atoms with Crippen LogP contribution >= 0.6 is 0 Å². The first kappa shape index (κ1) is 22.8. The molecule has 6 rings (SSSR count). The van der Waals surface area contributed by atoms with Gasteiger partial charge >= 0.3 is 6.03 Å². The van der Waals surface area contributed by atoms with E-state index in [-0.39, 0.29) is 0 Å². The average Bonchev–Trinajstić information content (AvgIpc) is 3.53. The number of barbiturate groups is 1. The van der Waals surface area contributed by atoms with Crippen molar-refractivity contribution in [2.45, 2.75) is 24.8 Å². The van der Waals surface area contributed by atoms with E-state index in [1.54, 1.807) is 30.3 Å². The fraction of sp³-hybridized carbons (Fsp3) is 0.259. The molecule has 0 aliphatic carbocycles. The number of pyridine rings is 1. The molecule has 2 N–H and O–H groups in total. The van der Waals surface area contributed by atoms with Gasteiger partial charge in [0, 0.05) is 30.5 Å². The van der Waals surface area contributed by atoms with E-state index in [0.717, 1.165) is 30.1 Å². The lowest BCUT2D eigenvalue weighted by molar-refractivity contribution is -0.137. The molecule has 3 aliphatic heterocycles. The van der Waals surface area contributed by atoms with Gasteiger partial charge < -0.3 is 19.3 Å².